The van der Waals surface area contributed by atoms with Crippen molar-refractivity contribution in [3.05, 3.63) is 81.9 Å². The van der Waals surface area contributed by atoms with Crippen molar-refractivity contribution in [1.82, 2.24) is 18.1 Å². The molecule has 168 valence electrons. The number of aromatic nitrogens is 4. The molecule has 9 heteroatoms. The third kappa shape index (κ3) is 3.10. The van der Waals surface area contributed by atoms with Crippen molar-refractivity contribution in [3.8, 4) is 11.1 Å². The van der Waals surface area contributed by atoms with Crippen LogP contribution in [0.25, 0.3) is 33.2 Å². The molecule has 0 aliphatic carbocycles. The first kappa shape index (κ1) is 21.7. The third-order valence-electron chi connectivity index (χ3n) is 5.79. The van der Waals surface area contributed by atoms with Gasteiger partial charge in [-0.2, -0.15) is 0 Å². The van der Waals surface area contributed by atoms with Crippen LogP contribution in [0.15, 0.2) is 81.2 Å². The summed E-state index contributed by atoms with van der Waals surface area (Å²) in [6.45, 7) is 3.87. The molecule has 5 rings (SSSR count). The van der Waals surface area contributed by atoms with Crippen molar-refractivity contribution in [1.29, 1.82) is 0 Å². The van der Waals surface area contributed by atoms with Crippen LogP contribution in [-0.4, -0.2) is 26.5 Å². The predicted molar refractivity (Wildman–Crippen MR) is 133 cm³/mol. The standard InChI is InChI=1S/C24H21BrN4O3S/c1-15(2)28-21-18(27(3)24(28)30)14-26-23-20(21)19(16-10-6-4-7-11-16)22(25)29(23)33(31,32)17-12-8-5-9-13-17/h4-15H,1-3H3. The van der Waals surface area contributed by atoms with Gasteiger partial charge in [0.2, 0.25) is 0 Å². The van der Waals surface area contributed by atoms with Gasteiger partial charge in [0.05, 0.1) is 27.5 Å². The van der Waals surface area contributed by atoms with E-state index in [4.69, 9.17) is 0 Å². The highest BCUT2D eigenvalue weighted by Crippen LogP contribution is 2.42. The fourth-order valence-electron chi connectivity index (χ4n) is 4.28. The fourth-order valence-corrected chi connectivity index (χ4v) is 6.83. The lowest BCUT2D eigenvalue weighted by Crippen LogP contribution is -2.23. The second kappa shape index (κ2) is 7.71. The summed E-state index contributed by atoms with van der Waals surface area (Å²) >= 11 is 3.59. The van der Waals surface area contributed by atoms with E-state index in [1.165, 1.54) is 3.97 Å². The molecule has 3 heterocycles. The molecule has 0 radical (unpaired) electrons. The van der Waals surface area contributed by atoms with Gasteiger partial charge in [-0.05, 0) is 47.5 Å². The minimum absolute atomic E-state index is 0.136. The molecule has 0 aliphatic heterocycles. The molecule has 0 unspecified atom stereocenters. The molecule has 0 saturated carbocycles. The van der Waals surface area contributed by atoms with Gasteiger partial charge in [0, 0.05) is 18.7 Å². The van der Waals surface area contributed by atoms with E-state index in [-0.39, 0.29) is 22.3 Å². The van der Waals surface area contributed by atoms with Crippen LogP contribution in [-0.2, 0) is 17.1 Å². The van der Waals surface area contributed by atoms with Crippen molar-refractivity contribution in [3.63, 3.8) is 0 Å². The van der Waals surface area contributed by atoms with Crippen molar-refractivity contribution in [2.45, 2.75) is 24.8 Å². The Hall–Kier alpha value is -3.17. The largest absolute Gasteiger partial charge is 0.329 e. The molecular formula is C24H21BrN4O3S. The second-order valence-corrected chi connectivity index (χ2v) is 10.6. The molecule has 0 spiro atoms. The van der Waals surface area contributed by atoms with Crippen LogP contribution in [0.5, 0.6) is 0 Å². The van der Waals surface area contributed by atoms with Crippen molar-refractivity contribution in [2.75, 3.05) is 0 Å². The van der Waals surface area contributed by atoms with Gasteiger partial charge in [0.1, 0.15) is 4.60 Å². The van der Waals surface area contributed by atoms with Crippen LogP contribution in [0.3, 0.4) is 0 Å². The number of hydrogen-bond acceptors (Lipinski definition) is 4. The number of benzene rings is 2. The van der Waals surface area contributed by atoms with Crippen LogP contribution < -0.4 is 5.69 Å². The van der Waals surface area contributed by atoms with E-state index in [2.05, 4.69) is 20.9 Å². The summed E-state index contributed by atoms with van der Waals surface area (Å²) in [4.78, 5) is 17.8. The van der Waals surface area contributed by atoms with E-state index in [0.29, 0.717) is 26.6 Å². The lowest BCUT2D eigenvalue weighted by atomic mass is 10.1. The van der Waals surface area contributed by atoms with Crippen molar-refractivity contribution in [2.24, 2.45) is 7.05 Å². The van der Waals surface area contributed by atoms with E-state index in [1.54, 1.807) is 52.7 Å². The smallest absolute Gasteiger partial charge is 0.293 e. The summed E-state index contributed by atoms with van der Waals surface area (Å²) in [6, 6.07) is 17.6. The van der Waals surface area contributed by atoms with Crippen LogP contribution in [0.4, 0.5) is 0 Å². The molecule has 0 fully saturated rings. The molecule has 0 N–H and O–H groups in total. The van der Waals surface area contributed by atoms with Gasteiger partial charge in [-0.3, -0.25) is 9.13 Å². The normalized spacial score (nSPS) is 12.3. The van der Waals surface area contributed by atoms with Crippen molar-refractivity contribution >= 4 is 48.0 Å². The lowest BCUT2D eigenvalue weighted by Gasteiger charge is -2.09. The summed E-state index contributed by atoms with van der Waals surface area (Å²) in [6.07, 6.45) is 1.57. The molecule has 7 nitrogen and oxygen atoms in total. The van der Waals surface area contributed by atoms with Crippen LogP contribution in [0.2, 0.25) is 0 Å². The Morgan fingerprint density at radius 2 is 1.58 bits per heavy atom. The highest BCUT2D eigenvalue weighted by molar-refractivity contribution is 9.10. The molecule has 33 heavy (non-hydrogen) atoms. The first-order chi connectivity index (χ1) is 15.7. The zero-order valence-corrected chi connectivity index (χ0v) is 20.6. The Morgan fingerprint density at radius 3 is 2.18 bits per heavy atom. The number of fused-ring (bicyclic) bond motifs is 3. The Morgan fingerprint density at radius 1 is 0.970 bits per heavy atom. The number of imidazole rings is 1. The fraction of sp³-hybridized carbons (Fsp3) is 0.167. The number of aryl methyl sites for hydroxylation is 1. The zero-order valence-electron chi connectivity index (χ0n) is 18.2. The van der Waals surface area contributed by atoms with E-state index >= 15 is 0 Å². The Bertz CT molecular complexity index is 1680. The van der Waals surface area contributed by atoms with Gasteiger partial charge in [0.25, 0.3) is 10.0 Å². The van der Waals surface area contributed by atoms with Gasteiger partial charge >= 0.3 is 5.69 Å². The van der Waals surface area contributed by atoms with E-state index in [0.717, 1.165) is 5.56 Å². The molecule has 0 aliphatic rings. The lowest BCUT2D eigenvalue weighted by molar-refractivity contribution is 0.584. The topological polar surface area (TPSA) is 78.9 Å². The molecule has 3 aromatic heterocycles. The maximum absolute atomic E-state index is 13.8. The van der Waals surface area contributed by atoms with E-state index in [9.17, 15) is 13.2 Å². The first-order valence-corrected chi connectivity index (χ1v) is 12.6. The monoisotopic (exact) mass is 524 g/mol. The zero-order chi connectivity index (χ0) is 23.5. The summed E-state index contributed by atoms with van der Waals surface area (Å²) in [7, 11) is -2.27. The van der Waals surface area contributed by atoms with Crippen LogP contribution >= 0.6 is 15.9 Å². The maximum Gasteiger partial charge on any atom is 0.329 e. The molecular weight excluding hydrogens is 504 g/mol. The predicted octanol–water partition coefficient (Wildman–Crippen LogP) is 4.94. The highest BCUT2D eigenvalue weighted by Gasteiger charge is 2.30. The SMILES string of the molecule is CC(C)n1c(=O)n(C)c2cnc3c(c(-c4ccccc4)c(Br)n3S(=O)(=O)c3ccccc3)c21. The van der Waals surface area contributed by atoms with Gasteiger partial charge in [0.15, 0.2) is 5.65 Å². The van der Waals surface area contributed by atoms with Crippen molar-refractivity contribution < 1.29 is 8.42 Å². The number of rotatable bonds is 4. The molecule has 2 aromatic carbocycles. The third-order valence-corrected chi connectivity index (χ3v) is 8.48. The quantitative estimate of drug-likeness (QED) is 0.333. The van der Waals surface area contributed by atoms with Crippen LogP contribution in [0.1, 0.15) is 19.9 Å². The van der Waals surface area contributed by atoms with Gasteiger partial charge in [-0.25, -0.2) is 22.2 Å². The number of nitrogens with zero attached hydrogens (tertiary/aromatic N) is 4. The maximum atomic E-state index is 13.8. The number of hydrogen-bond donors (Lipinski definition) is 0. The first-order valence-electron chi connectivity index (χ1n) is 10.4. The average Bonchev–Trinajstić information content (AvgIpc) is 3.25. The molecule has 0 saturated heterocycles. The number of pyridine rings is 1. The van der Waals surface area contributed by atoms with Gasteiger partial charge < -0.3 is 0 Å². The van der Waals surface area contributed by atoms with Gasteiger partial charge in [-0.15, -0.1) is 0 Å². The summed E-state index contributed by atoms with van der Waals surface area (Å²) in [5.74, 6) is 0. The molecule has 0 atom stereocenters. The Balaban J connectivity index is 2.05. The minimum Gasteiger partial charge on any atom is -0.293 e. The Labute approximate surface area is 199 Å². The van der Waals surface area contributed by atoms with E-state index < -0.39 is 10.0 Å². The molecule has 0 bridgehead atoms. The molecule has 0 amide bonds. The Kier molecular flexibility index (Phi) is 5.06. The number of halogens is 1. The second-order valence-electron chi connectivity index (χ2n) is 8.11. The summed E-state index contributed by atoms with van der Waals surface area (Å²) in [5.41, 5.74) is 2.87. The summed E-state index contributed by atoms with van der Waals surface area (Å²) < 4.78 is 32.3. The van der Waals surface area contributed by atoms with E-state index in [1.807, 2.05) is 44.2 Å². The minimum atomic E-state index is -3.98. The summed E-state index contributed by atoms with van der Waals surface area (Å²) in [5, 5.41) is 0.608. The van der Waals surface area contributed by atoms with Crippen LogP contribution in [0, 0.1) is 0 Å². The molecule has 5 aromatic rings. The average molecular weight is 525 g/mol. The highest BCUT2D eigenvalue weighted by atomic mass is 79.9. The van der Waals surface area contributed by atoms with Gasteiger partial charge in [-0.1, -0.05) is 48.5 Å².